The summed E-state index contributed by atoms with van der Waals surface area (Å²) in [6.45, 7) is 2.84. The van der Waals surface area contributed by atoms with Crippen molar-refractivity contribution in [1.82, 2.24) is 5.48 Å². The number of para-hydroxylation sites is 2. The van der Waals surface area contributed by atoms with Crippen molar-refractivity contribution in [2.75, 3.05) is 5.75 Å². The lowest BCUT2D eigenvalue weighted by Crippen LogP contribution is -2.46. The Morgan fingerprint density at radius 2 is 1.69 bits per heavy atom. The number of rotatable bonds is 7. The van der Waals surface area contributed by atoms with Crippen molar-refractivity contribution in [3.63, 3.8) is 0 Å². The van der Waals surface area contributed by atoms with E-state index in [1.54, 1.807) is 36.4 Å². The molecule has 0 aliphatic rings. The number of aliphatic hydroxyl groups is 1. The molecule has 0 spiro atoms. The Hall–Kier alpha value is -2.42. The third-order valence-corrected chi connectivity index (χ3v) is 5.95. The van der Waals surface area contributed by atoms with E-state index in [1.807, 2.05) is 6.07 Å². The molecule has 0 heterocycles. The zero-order valence-electron chi connectivity index (χ0n) is 14.4. The number of carbonyl (C=O) groups excluding carboxylic acids is 1. The minimum atomic E-state index is -3.90. The molecular weight excluding hydrogens is 358 g/mol. The highest BCUT2D eigenvalue weighted by molar-refractivity contribution is 7.91. The van der Waals surface area contributed by atoms with Crippen molar-refractivity contribution in [2.45, 2.75) is 24.8 Å². The van der Waals surface area contributed by atoms with E-state index in [1.165, 1.54) is 31.5 Å². The maximum atomic E-state index is 12.9. The maximum absolute atomic E-state index is 12.9. The summed E-state index contributed by atoms with van der Waals surface area (Å²) >= 11 is 0. The molecule has 140 valence electrons. The van der Waals surface area contributed by atoms with E-state index in [2.05, 4.69) is 0 Å². The summed E-state index contributed by atoms with van der Waals surface area (Å²) in [5.74, 6) is -0.965. The van der Waals surface area contributed by atoms with Gasteiger partial charge in [0.1, 0.15) is 22.5 Å². The van der Waals surface area contributed by atoms with Gasteiger partial charge in [-0.05, 0) is 24.3 Å². The molecule has 0 saturated heterocycles. The van der Waals surface area contributed by atoms with Gasteiger partial charge < -0.3 is 9.84 Å². The molecule has 2 rings (SSSR count). The predicted octanol–water partition coefficient (Wildman–Crippen LogP) is 2.15. The summed E-state index contributed by atoms with van der Waals surface area (Å²) in [6, 6.07) is 14.9. The Bertz CT molecular complexity index is 864. The molecule has 0 aromatic heterocycles. The Labute approximate surface area is 152 Å². The largest absolute Gasteiger partial charge is 0.456 e. The van der Waals surface area contributed by atoms with E-state index < -0.39 is 33.0 Å². The summed E-state index contributed by atoms with van der Waals surface area (Å²) in [6.07, 6.45) is -1.70. The standard InChI is InChI=1S/C18H21NO6S/c1-18(2,16(20)17(21)19-22)12-26(23,24)15-11-7-6-10-14(15)25-13-8-4-3-5-9-13/h3-11,16,20,22H,12H2,1-2H3,(H,19,21). The lowest BCUT2D eigenvalue weighted by Gasteiger charge is -2.28. The van der Waals surface area contributed by atoms with Gasteiger partial charge in [0.2, 0.25) is 0 Å². The van der Waals surface area contributed by atoms with E-state index in [0.29, 0.717) is 5.75 Å². The lowest BCUT2D eigenvalue weighted by atomic mass is 9.88. The van der Waals surface area contributed by atoms with Crippen LogP contribution in [0.4, 0.5) is 0 Å². The molecule has 1 amide bonds. The van der Waals surface area contributed by atoms with Crippen LogP contribution in [0.5, 0.6) is 11.5 Å². The van der Waals surface area contributed by atoms with Crippen molar-refractivity contribution in [3.05, 3.63) is 54.6 Å². The number of ether oxygens (including phenoxy) is 1. The first-order chi connectivity index (χ1) is 12.2. The Kier molecular flexibility index (Phi) is 6.01. The zero-order chi connectivity index (χ0) is 19.4. The van der Waals surface area contributed by atoms with Gasteiger partial charge in [-0.3, -0.25) is 10.0 Å². The first kappa shape index (κ1) is 19.9. The quantitative estimate of drug-likeness (QED) is 0.502. The number of aliphatic hydroxyl groups excluding tert-OH is 1. The Morgan fingerprint density at radius 3 is 2.31 bits per heavy atom. The highest BCUT2D eigenvalue weighted by Crippen LogP contribution is 2.33. The fourth-order valence-corrected chi connectivity index (χ4v) is 4.46. The van der Waals surface area contributed by atoms with E-state index in [4.69, 9.17) is 9.94 Å². The number of hydrogen-bond donors (Lipinski definition) is 3. The summed E-state index contributed by atoms with van der Waals surface area (Å²) < 4.78 is 31.5. The monoisotopic (exact) mass is 379 g/mol. The van der Waals surface area contributed by atoms with Crippen LogP contribution in [0.2, 0.25) is 0 Å². The zero-order valence-corrected chi connectivity index (χ0v) is 15.2. The van der Waals surface area contributed by atoms with E-state index in [-0.39, 0.29) is 10.6 Å². The molecule has 1 atom stereocenters. The van der Waals surface area contributed by atoms with Crippen LogP contribution in [0.3, 0.4) is 0 Å². The molecule has 7 nitrogen and oxygen atoms in total. The van der Waals surface area contributed by atoms with Gasteiger partial charge >= 0.3 is 0 Å². The fourth-order valence-electron chi connectivity index (χ4n) is 2.47. The highest BCUT2D eigenvalue weighted by atomic mass is 32.2. The minimum Gasteiger partial charge on any atom is -0.456 e. The molecule has 0 radical (unpaired) electrons. The molecule has 1 unspecified atom stereocenters. The van der Waals surface area contributed by atoms with Gasteiger partial charge in [-0.2, -0.15) is 0 Å². The predicted molar refractivity (Wildman–Crippen MR) is 94.7 cm³/mol. The molecule has 26 heavy (non-hydrogen) atoms. The fraction of sp³-hybridized carbons (Fsp3) is 0.278. The Balaban J connectivity index is 2.33. The second-order valence-electron chi connectivity index (χ2n) is 6.49. The van der Waals surface area contributed by atoms with E-state index in [0.717, 1.165) is 0 Å². The van der Waals surface area contributed by atoms with Crippen LogP contribution in [0.25, 0.3) is 0 Å². The van der Waals surface area contributed by atoms with Crippen LogP contribution in [0, 0.1) is 5.41 Å². The highest BCUT2D eigenvalue weighted by Gasteiger charge is 2.39. The molecule has 3 N–H and O–H groups in total. The second kappa shape index (κ2) is 7.86. The van der Waals surface area contributed by atoms with Crippen LogP contribution in [-0.2, 0) is 14.6 Å². The topological polar surface area (TPSA) is 113 Å². The third-order valence-electron chi connectivity index (χ3n) is 3.82. The number of benzene rings is 2. The number of hydrogen-bond acceptors (Lipinski definition) is 6. The SMILES string of the molecule is CC(C)(CS(=O)(=O)c1ccccc1Oc1ccccc1)C(O)C(=O)NO. The summed E-state index contributed by atoms with van der Waals surface area (Å²) in [5, 5.41) is 18.7. The van der Waals surface area contributed by atoms with Crippen molar-refractivity contribution in [1.29, 1.82) is 0 Å². The smallest absolute Gasteiger partial charge is 0.272 e. The Morgan fingerprint density at radius 1 is 1.12 bits per heavy atom. The first-order valence-corrected chi connectivity index (χ1v) is 9.49. The van der Waals surface area contributed by atoms with E-state index >= 15 is 0 Å². The average molecular weight is 379 g/mol. The molecule has 0 saturated carbocycles. The molecule has 8 heteroatoms. The number of sulfone groups is 1. The molecule has 0 aliphatic carbocycles. The molecular formula is C18H21NO6S. The minimum absolute atomic E-state index is 0.0477. The van der Waals surface area contributed by atoms with Gasteiger partial charge in [0.15, 0.2) is 9.84 Å². The lowest BCUT2D eigenvalue weighted by molar-refractivity contribution is -0.143. The van der Waals surface area contributed by atoms with Gasteiger partial charge in [0.05, 0.1) is 5.75 Å². The normalized spacial score (nSPS) is 13.1. The van der Waals surface area contributed by atoms with Crippen LogP contribution in [-0.4, -0.2) is 36.5 Å². The van der Waals surface area contributed by atoms with Crippen molar-refractivity contribution in [3.8, 4) is 11.5 Å². The number of nitrogens with one attached hydrogen (secondary N) is 1. The average Bonchev–Trinajstić information content (AvgIpc) is 2.60. The number of carbonyl (C=O) groups is 1. The van der Waals surface area contributed by atoms with Crippen molar-refractivity contribution < 1.29 is 28.3 Å². The van der Waals surface area contributed by atoms with Gasteiger partial charge in [0.25, 0.3) is 5.91 Å². The van der Waals surface area contributed by atoms with Gasteiger partial charge in [-0.15, -0.1) is 0 Å². The molecule has 0 aliphatic heterocycles. The van der Waals surface area contributed by atoms with Gasteiger partial charge in [0, 0.05) is 5.41 Å². The van der Waals surface area contributed by atoms with E-state index in [9.17, 15) is 18.3 Å². The summed E-state index contributed by atoms with van der Waals surface area (Å²) in [5.41, 5.74) is -0.00977. The molecule has 0 bridgehead atoms. The summed E-state index contributed by atoms with van der Waals surface area (Å²) in [4.78, 5) is 11.4. The second-order valence-corrected chi connectivity index (χ2v) is 8.45. The molecule has 2 aromatic carbocycles. The summed E-state index contributed by atoms with van der Waals surface area (Å²) in [7, 11) is -3.90. The third kappa shape index (κ3) is 4.60. The number of hydroxylamine groups is 1. The maximum Gasteiger partial charge on any atom is 0.272 e. The van der Waals surface area contributed by atoms with Crippen LogP contribution in [0.1, 0.15) is 13.8 Å². The van der Waals surface area contributed by atoms with Crippen molar-refractivity contribution in [2.24, 2.45) is 5.41 Å². The van der Waals surface area contributed by atoms with Gasteiger partial charge in [-0.1, -0.05) is 44.2 Å². The molecule has 2 aromatic rings. The van der Waals surface area contributed by atoms with Crippen molar-refractivity contribution >= 4 is 15.7 Å². The van der Waals surface area contributed by atoms with Gasteiger partial charge in [-0.25, -0.2) is 13.9 Å². The number of amides is 1. The molecule has 0 fully saturated rings. The van der Waals surface area contributed by atoms with Crippen LogP contribution >= 0.6 is 0 Å². The van der Waals surface area contributed by atoms with Crippen LogP contribution < -0.4 is 10.2 Å². The van der Waals surface area contributed by atoms with Crippen LogP contribution in [0.15, 0.2) is 59.5 Å². The first-order valence-electron chi connectivity index (χ1n) is 7.84.